The van der Waals surface area contributed by atoms with Crippen LogP contribution in [0.25, 0.3) is 0 Å². The molecule has 1 aromatic heterocycles. The fourth-order valence-electron chi connectivity index (χ4n) is 2.95. The monoisotopic (exact) mass is 385 g/mol. The highest BCUT2D eigenvalue weighted by Gasteiger charge is 2.25. The first kappa shape index (κ1) is 19.5. The van der Waals surface area contributed by atoms with Crippen molar-refractivity contribution in [2.24, 2.45) is 5.92 Å². The number of likely N-dealkylation sites (tertiary alicyclic amines) is 1. The molecular formula is C20H23N3O5. The topological polar surface area (TPSA) is 101 Å². The van der Waals surface area contributed by atoms with Gasteiger partial charge >= 0.3 is 17.9 Å². The summed E-state index contributed by atoms with van der Waals surface area (Å²) in [5.41, 5.74) is 0. The van der Waals surface area contributed by atoms with Crippen molar-refractivity contribution >= 4 is 17.9 Å². The number of rotatable bonds is 5. The molecule has 2 N–H and O–H groups in total. The van der Waals surface area contributed by atoms with Crippen LogP contribution in [0.2, 0.25) is 0 Å². The molecule has 0 saturated carbocycles. The summed E-state index contributed by atoms with van der Waals surface area (Å²) >= 11 is 0. The molecule has 3 amide bonds. The van der Waals surface area contributed by atoms with Gasteiger partial charge < -0.3 is 24.7 Å². The first-order chi connectivity index (χ1) is 13.6. The molecule has 0 aliphatic carbocycles. The Balaban J connectivity index is 1.34. The first-order valence-electron chi connectivity index (χ1n) is 9.22. The first-order valence-corrected chi connectivity index (χ1v) is 9.22. The van der Waals surface area contributed by atoms with Gasteiger partial charge in [0.15, 0.2) is 0 Å². The Bertz CT molecular complexity index is 783. The summed E-state index contributed by atoms with van der Waals surface area (Å²) in [7, 11) is 0. The van der Waals surface area contributed by atoms with Crippen LogP contribution < -0.4 is 15.4 Å². The van der Waals surface area contributed by atoms with E-state index in [1.54, 1.807) is 29.2 Å². The summed E-state index contributed by atoms with van der Waals surface area (Å²) in [6.07, 6.45) is 2.60. The number of carbonyl (C=O) groups excluding carboxylic acids is 3. The molecule has 1 aliphatic rings. The van der Waals surface area contributed by atoms with Gasteiger partial charge in [0.05, 0.1) is 12.8 Å². The van der Waals surface area contributed by atoms with Crippen molar-refractivity contribution in [3.05, 3.63) is 54.5 Å². The number of ether oxygens (including phenoxy) is 1. The Hall–Kier alpha value is -3.29. The maximum absolute atomic E-state index is 12.2. The van der Waals surface area contributed by atoms with Crippen LogP contribution in [0.15, 0.2) is 53.1 Å². The molecule has 0 unspecified atom stereocenters. The van der Waals surface area contributed by atoms with E-state index in [1.165, 1.54) is 6.26 Å². The van der Waals surface area contributed by atoms with Crippen LogP contribution in [-0.4, -0.2) is 42.4 Å². The van der Waals surface area contributed by atoms with Crippen LogP contribution in [0.1, 0.15) is 18.6 Å². The van der Waals surface area contributed by atoms with Gasteiger partial charge in [-0.3, -0.25) is 9.59 Å². The van der Waals surface area contributed by atoms with E-state index < -0.39 is 11.8 Å². The number of hydrogen-bond acceptors (Lipinski definition) is 5. The van der Waals surface area contributed by atoms with Gasteiger partial charge in [-0.15, -0.1) is 0 Å². The Morgan fingerprint density at radius 1 is 1.00 bits per heavy atom. The maximum Gasteiger partial charge on any atom is 0.415 e. The Kier molecular flexibility index (Phi) is 6.67. The highest BCUT2D eigenvalue weighted by molar-refractivity contribution is 6.35. The summed E-state index contributed by atoms with van der Waals surface area (Å²) in [5.74, 6) is -0.0568. The van der Waals surface area contributed by atoms with Crippen molar-refractivity contribution in [3.63, 3.8) is 0 Å². The van der Waals surface area contributed by atoms with Crippen molar-refractivity contribution < 1.29 is 23.5 Å². The van der Waals surface area contributed by atoms with E-state index in [9.17, 15) is 14.4 Å². The molecule has 1 aromatic carbocycles. The standard InChI is InChI=1S/C20H23N3O5/c24-18(19(25)22-14-17-7-4-12-27-17)21-13-15-8-10-23(11-9-15)20(26)28-16-5-2-1-3-6-16/h1-7,12,15H,8-11,13-14H2,(H,21,24)(H,22,25). The molecule has 2 heterocycles. The largest absolute Gasteiger partial charge is 0.467 e. The third-order valence-corrected chi connectivity index (χ3v) is 4.58. The normalized spacial score (nSPS) is 14.4. The van der Waals surface area contributed by atoms with Gasteiger partial charge in [-0.2, -0.15) is 0 Å². The number of benzene rings is 1. The van der Waals surface area contributed by atoms with E-state index in [2.05, 4.69) is 10.6 Å². The molecule has 1 saturated heterocycles. The SMILES string of the molecule is O=C(NCc1ccco1)C(=O)NCC1CCN(C(=O)Oc2ccccc2)CC1. The Morgan fingerprint density at radius 3 is 2.39 bits per heavy atom. The fraction of sp³-hybridized carbons (Fsp3) is 0.350. The van der Waals surface area contributed by atoms with Crippen molar-refractivity contribution in [1.82, 2.24) is 15.5 Å². The van der Waals surface area contributed by atoms with Gasteiger partial charge in [-0.05, 0) is 43.0 Å². The van der Waals surface area contributed by atoms with Gasteiger partial charge in [0.1, 0.15) is 11.5 Å². The van der Waals surface area contributed by atoms with Crippen LogP contribution in [0.5, 0.6) is 5.75 Å². The number of nitrogens with one attached hydrogen (secondary N) is 2. The van der Waals surface area contributed by atoms with Crippen LogP contribution in [0.4, 0.5) is 4.79 Å². The molecule has 0 radical (unpaired) electrons. The fourth-order valence-corrected chi connectivity index (χ4v) is 2.95. The van der Waals surface area contributed by atoms with Crippen molar-refractivity contribution in [1.29, 1.82) is 0 Å². The van der Waals surface area contributed by atoms with Gasteiger partial charge in [0.2, 0.25) is 0 Å². The molecule has 8 nitrogen and oxygen atoms in total. The Morgan fingerprint density at radius 2 is 1.71 bits per heavy atom. The van der Waals surface area contributed by atoms with Gasteiger partial charge in [0, 0.05) is 19.6 Å². The molecule has 148 valence electrons. The van der Waals surface area contributed by atoms with E-state index in [0.717, 1.165) is 12.8 Å². The highest BCUT2D eigenvalue weighted by Crippen LogP contribution is 2.18. The molecule has 3 rings (SSSR count). The number of amides is 3. The number of para-hydroxylation sites is 1. The minimum absolute atomic E-state index is 0.168. The molecular weight excluding hydrogens is 362 g/mol. The van der Waals surface area contributed by atoms with Gasteiger partial charge in [0.25, 0.3) is 0 Å². The smallest absolute Gasteiger partial charge is 0.415 e. The second-order valence-corrected chi connectivity index (χ2v) is 6.58. The minimum atomic E-state index is -0.694. The van der Waals surface area contributed by atoms with Crippen molar-refractivity contribution in [2.75, 3.05) is 19.6 Å². The summed E-state index contributed by atoms with van der Waals surface area (Å²) in [6, 6.07) is 12.4. The lowest BCUT2D eigenvalue weighted by atomic mass is 9.97. The predicted molar refractivity (Wildman–Crippen MR) is 100 cm³/mol. The Labute approximate surface area is 162 Å². The second-order valence-electron chi connectivity index (χ2n) is 6.58. The number of nitrogens with zero attached hydrogens (tertiary/aromatic N) is 1. The molecule has 1 aliphatic heterocycles. The zero-order valence-corrected chi connectivity index (χ0v) is 15.4. The zero-order chi connectivity index (χ0) is 19.8. The van der Waals surface area contributed by atoms with E-state index in [0.29, 0.717) is 31.1 Å². The average molecular weight is 385 g/mol. The predicted octanol–water partition coefficient (Wildman–Crippen LogP) is 1.92. The molecule has 0 spiro atoms. The number of piperidine rings is 1. The number of hydrogen-bond donors (Lipinski definition) is 2. The molecule has 28 heavy (non-hydrogen) atoms. The van der Waals surface area contributed by atoms with Crippen LogP contribution in [0.3, 0.4) is 0 Å². The van der Waals surface area contributed by atoms with Gasteiger partial charge in [-0.1, -0.05) is 18.2 Å². The van der Waals surface area contributed by atoms with E-state index in [1.807, 2.05) is 18.2 Å². The van der Waals surface area contributed by atoms with E-state index in [-0.39, 0.29) is 18.6 Å². The lowest BCUT2D eigenvalue weighted by Gasteiger charge is -2.31. The zero-order valence-electron chi connectivity index (χ0n) is 15.4. The molecule has 0 atom stereocenters. The van der Waals surface area contributed by atoms with Crippen molar-refractivity contribution in [3.8, 4) is 5.75 Å². The van der Waals surface area contributed by atoms with Crippen LogP contribution >= 0.6 is 0 Å². The van der Waals surface area contributed by atoms with Crippen LogP contribution in [-0.2, 0) is 16.1 Å². The average Bonchev–Trinajstić information content (AvgIpc) is 3.25. The quantitative estimate of drug-likeness (QED) is 0.766. The molecule has 8 heteroatoms. The lowest BCUT2D eigenvalue weighted by molar-refractivity contribution is -0.139. The highest BCUT2D eigenvalue weighted by atomic mass is 16.6. The summed E-state index contributed by atoms with van der Waals surface area (Å²) in [6.45, 7) is 1.67. The van der Waals surface area contributed by atoms with E-state index in [4.69, 9.17) is 9.15 Å². The third-order valence-electron chi connectivity index (χ3n) is 4.58. The minimum Gasteiger partial charge on any atom is -0.467 e. The van der Waals surface area contributed by atoms with E-state index >= 15 is 0 Å². The second kappa shape index (κ2) is 9.59. The summed E-state index contributed by atoms with van der Waals surface area (Å²) in [5, 5.41) is 5.15. The molecule has 1 fully saturated rings. The van der Waals surface area contributed by atoms with Crippen molar-refractivity contribution in [2.45, 2.75) is 19.4 Å². The number of carbonyl (C=O) groups is 3. The maximum atomic E-state index is 12.2. The number of furan rings is 1. The lowest BCUT2D eigenvalue weighted by Crippen LogP contribution is -2.45. The molecule has 2 aromatic rings. The summed E-state index contributed by atoms with van der Waals surface area (Å²) in [4.78, 5) is 37.5. The van der Waals surface area contributed by atoms with Crippen LogP contribution in [0, 0.1) is 5.92 Å². The van der Waals surface area contributed by atoms with Gasteiger partial charge in [-0.25, -0.2) is 4.79 Å². The molecule has 0 bridgehead atoms. The third kappa shape index (κ3) is 5.60. The summed E-state index contributed by atoms with van der Waals surface area (Å²) < 4.78 is 10.4.